The number of rotatable bonds is 2. The summed E-state index contributed by atoms with van der Waals surface area (Å²) < 4.78 is 0. The summed E-state index contributed by atoms with van der Waals surface area (Å²) in [5.41, 5.74) is 11.2. The first-order valence-corrected chi connectivity index (χ1v) is 6.84. The Kier molecular flexibility index (Phi) is 3.90. The molecule has 4 unspecified atom stereocenters. The number of nitrogens with two attached hydrogens (primary N) is 2. The van der Waals surface area contributed by atoms with E-state index in [1.54, 1.807) is 0 Å². The first-order chi connectivity index (χ1) is 8.49. The maximum atomic E-state index is 12.4. The first kappa shape index (κ1) is 13.3. The lowest BCUT2D eigenvalue weighted by molar-refractivity contribution is -0.141. The highest BCUT2D eigenvalue weighted by molar-refractivity contribution is 5.82. The summed E-state index contributed by atoms with van der Waals surface area (Å²) in [6, 6.07) is 0.371. The van der Waals surface area contributed by atoms with E-state index in [1.165, 1.54) is 0 Å². The molecular formula is C13H23N3O2. The van der Waals surface area contributed by atoms with Gasteiger partial charge in [-0.3, -0.25) is 9.59 Å². The van der Waals surface area contributed by atoms with Crippen LogP contribution in [0, 0.1) is 11.8 Å². The third-order valence-corrected chi connectivity index (χ3v) is 4.39. The van der Waals surface area contributed by atoms with E-state index in [9.17, 15) is 9.59 Å². The van der Waals surface area contributed by atoms with Gasteiger partial charge in [0.1, 0.15) is 0 Å². The van der Waals surface area contributed by atoms with E-state index in [0.717, 1.165) is 32.1 Å². The number of amides is 2. The number of carbonyl (C=O) groups excluding carboxylic acids is 2. The summed E-state index contributed by atoms with van der Waals surface area (Å²) in [5, 5.41) is 0. The predicted molar refractivity (Wildman–Crippen MR) is 68.4 cm³/mol. The lowest BCUT2D eigenvalue weighted by Crippen LogP contribution is -2.50. The van der Waals surface area contributed by atoms with E-state index in [0.29, 0.717) is 6.54 Å². The van der Waals surface area contributed by atoms with Gasteiger partial charge in [0, 0.05) is 24.5 Å². The molecule has 2 aliphatic rings. The van der Waals surface area contributed by atoms with E-state index >= 15 is 0 Å². The molecule has 18 heavy (non-hydrogen) atoms. The summed E-state index contributed by atoms with van der Waals surface area (Å²) in [4.78, 5) is 25.6. The van der Waals surface area contributed by atoms with Crippen LogP contribution in [0.3, 0.4) is 0 Å². The van der Waals surface area contributed by atoms with Crippen LogP contribution in [0.1, 0.15) is 39.0 Å². The third-order valence-electron chi connectivity index (χ3n) is 4.39. The molecule has 1 saturated carbocycles. The number of hydrogen-bond donors (Lipinski definition) is 2. The molecule has 5 heteroatoms. The summed E-state index contributed by atoms with van der Waals surface area (Å²) in [5.74, 6) is -0.251. The van der Waals surface area contributed by atoms with Gasteiger partial charge in [0.05, 0.1) is 5.92 Å². The van der Waals surface area contributed by atoms with E-state index < -0.39 is 0 Å². The van der Waals surface area contributed by atoms with Crippen LogP contribution in [-0.2, 0) is 9.59 Å². The molecule has 102 valence electrons. The molecule has 1 saturated heterocycles. The highest BCUT2D eigenvalue weighted by atomic mass is 16.2. The van der Waals surface area contributed by atoms with E-state index in [2.05, 4.69) is 0 Å². The zero-order valence-electron chi connectivity index (χ0n) is 11.0. The highest BCUT2D eigenvalue weighted by Crippen LogP contribution is 2.30. The van der Waals surface area contributed by atoms with Crippen molar-refractivity contribution in [1.29, 1.82) is 0 Å². The Morgan fingerprint density at radius 3 is 2.33 bits per heavy atom. The van der Waals surface area contributed by atoms with Crippen LogP contribution in [0.25, 0.3) is 0 Å². The molecule has 0 aromatic heterocycles. The number of likely N-dealkylation sites (tertiary alicyclic amines) is 1. The van der Waals surface area contributed by atoms with Gasteiger partial charge in [-0.25, -0.2) is 0 Å². The number of nitrogens with zero attached hydrogens (tertiary/aromatic N) is 1. The maximum Gasteiger partial charge on any atom is 0.226 e. The van der Waals surface area contributed by atoms with Gasteiger partial charge < -0.3 is 16.4 Å². The van der Waals surface area contributed by atoms with Gasteiger partial charge in [-0.2, -0.15) is 0 Å². The normalized spacial score (nSPS) is 36.7. The van der Waals surface area contributed by atoms with E-state index in [1.807, 2.05) is 11.8 Å². The molecule has 2 rings (SSSR count). The molecule has 1 heterocycles. The van der Waals surface area contributed by atoms with Gasteiger partial charge in [0.2, 0.25) is 11.8 Å². The summed E-state index contributed by atoms with van der Waals surface area (Å²) in [7, 11) is 0. The van der Waals surface area contributed by atoms with Crippen molar-refractivity contribution in [3.05, 3.63) is 0 Å². The first-order valence-electron chi connectivity index (χ1n) is 6.84. The summed E-state index contributed by atoms with van der Waals surface area (Å²) >= 11 is 0. The van der Waals surface area contributed by atoms with Crippen LogP contribution in [0.2, 0.25) is 0 Å². The number of carbonyl (C=O) groups is 2. The standard InChI is InChI=1S/C13H23N3O2/c1-8-2-3-10(12(15)17)7-16(8)13(18)9-4-5-11(14)6-9/h8-11H,2-7,14H2,1H3,(H2,15,17). The zero-order chi connectivity index (χ0) is 13.3. The van der Waals surface area contributed by atoms with Crippen LogP contribution in [0.4, 0.5) is 0 Å². The average molecular weight is 253 g/mol. The molecule has 0 spiro atoms. The van der Waals surface area contributed by atoms with Gasteiger partial charge >= 0.3 is 0 Å². The van der Waals surface area contributed by atoms with E-state index in [4.69, 9.17) is 11.5 Å². The summed E-state index contributed by atoms with van der Waals surface area (Å²) in [6.45, 7) is 2.53. The average Bonchev–Trinajstić information content (AvgIpc) is 2.75. The highest BCUT2D eigenvalue weighted by Gasteiger charge is 2.37. The minimum Gasteiger partial charge on any atom is -0.369 e. The minimum atomic E-state index is -0.289. The smallest absolute Gasteiger partial charge is 0.226 e. The monoisotopic (exact) mass is 253 g/mol. The number of primary amides is 1. The molecule has 0 bridgehead atoms. The Labute approximate surface area is 108 Å². The van der Waals surface area contributed by atoms with Crippen molar-refractivity contribution in [2.24, 2.45) is 23.3 Å². The Morgan fingerprint density at radius 1 is 1.11 bits per heavy atom. The van der Waals surface area contributed by atoms with Gasteiger partial charge in [0.15, 0.2) is 0 Å². The Balaban J connectivity index is 2.01. The number of piperidine rings is 1. The minimum absolute atomic E-state index is 0.0501. The molecular weight excluding hydrogens is 230 g/mol. The van der Waals surface area contributed by atoms with Crippen LogP contribution in [0.5, 0.6) is 0 Å². The maximum absolute atomic E-state index is 12.4. The molecule has 1 aliphatic heterocycles. The SMILES string of the molecule is CC1CCC(C(N)=O)CN1C(=O)C1CCC(N)C1. The van der Waals surface area contributed by atoms with Crippen molar-refractivity contribution in [1.82, 2.24) is 4.90 Å². The predicted octanol–water partition coefficient (Wildman–Crippen LogP) is 0.226. The zero-order valence-corrected chi connectivity index (χ0v) is 11.0. The fraction of sp³-hybridized carbons (Fsp3) is 0.846. The molecule has 2 fully saturated rings. The van der Waals surface area contributed by atoms with Crippen molar-refractivity contribution < 1.29 is 9.59 Å². The van der Waals surface area contributed by atoms with Crippen molar-refractivity contribution in [3.63, 3.8) is 0 Å². The largest absolute Gasteiger partial charge is 0.369 e. The lowest BCUT2D eigenvalue weighted by Gasteiger charge is -2.38. The van der Waals surface area contributed by atoms with Gasteiger partial charge in [0.25, 0.3) is 0 Å². The van der Waals surface area contributed by atoms with E-state index in [-0.39, 0.29) is 35.7 Å². The van der Waals surface area contributed by atoms with Crippen LogP contribution < -0.4 is 11.5 Å². The fourth-order valence-corrected chi connectivity index (χ4v) is 3.12. The number of hydrogen-bond acceptors (Lipinski definition) is 3. The second kappa shape index (κ2) is 5.26. The van der Waals surface area contributed by atoms with Crippen molar-refractivity contribution in [2.75, 3.05) is 6.54 Å². The molecule has 0 aromatic carbocycles. The molecule has 1 aliphatic carbocycles. The molecule has 0 radical (unpaired) electrons. The third kappa shape index (κ3) is 2.66. The molecule has 5 nitrogen and oxygen atoms in total. The molecule has 0 aromatic rings. The Hall–Kier alpha value is -1.10. The lowest BCUT2D eigenvalue weighted by atomic mass is 9.91. The topological polar surface area (TPSA) is 89.4 Å². The molecule has 4 N–H and O–H groups in total. The van der Waals surface area contributed by atoms with Crippen LogP contribution in [-0.4, -0.2) is 35.3 Å². The van der Waals surface area contributed by atoms with Crippen LogP contribution >= 0.6 is 0 Å². The van der Waals surface area contributed by atoms with Crippen molar-refractivity contribution in [2.45, 2.75) is 51.1 Å². The Bertz CT molecular complexity index is 345. The molecule has 2 amide bonds. The summed E-state index contributed by atoms with van der Waals surface area (Å²) in [6.07, 6.45) is 4.24. The Morgan fingerprint density at radius 2 is 1.78 bits per heavy atom. The quantitative estimate of drug-likeness (QED) is 0.738. The van der Waals surface area contributed by atoms with Crippen molar-refractivity contribution in [3.8, 4) is 0 Å². The van der Waals surface area contributed by atoms with Gasteiger partial charge in [-0.05, 0) is 39.0 Å². The fourth-order valence-electron chi connectivity index (χ4n) is 3.12. The van der Waals surface area contributed by atoms with Crippen LogP contribution in [0.15, 0.2) is 0 Å². The second-order valence-corrected chi connectivity index (χ2v) is 5.79. The van der Waals surface area contributed by atoms with Crippen molar-refractivity contribution >= 4 is 11.8 Å². The van der Waals surface area contributed by atoms with Gasteiger partial charge in [-0.1, -0.05) is 0 Å². The second-order valence-electron chi connectivity index (χ2n) is 5.79. The van der Waals surface area contributed by atoms with Gasteiger partial charge in [-0.15, -0.1) is 0 Å². The molecule has 4 atom stereocenters.